The first-order chi connectivity index (χ1) is 13.9. The molecule has 2 rings (SSSR count). The van der Waals surface area contributed by atoms with Crippen molar-refractivity contribution in [2.75, 3.05) is 24.7 Å². The number of amides is 2. The van der Waals surface area contributed by atoms with E-state index >= 15 is 0 Å². The number of benzene rings is 1. The van der Waals surface area contributed by atoms with E-state index in [-0.39, 0.29) is 28.1 Å². The Morgan fingerprint density at radius 1 is 1.10 bits per heavy atom. The van der Waals surface area contributed by atoms with Gasteiger partial charge in [0.15, 0.2) is 11.5 Å². The van der Waals surface area contributed by atoms with Gasteiger partial charge in [-0.2, -0.15) is 0 Å². The predicted molar refractivity (Wildman–Crippen MR) is 113 cm³/mol. The standard InChI is InChI=1S/C18H25N7O4S/c1-10(2)14(16(19)26)23-13-9-21-15(17(20)27)18(24-13)22-11-5-7-12(8-6-11)30(28,29)25(3)4/h5-10,14H,1-4H3,(H2,19,26)(H2,20,27)(H2,22,23,24). The molecular formula is C18H25N7O4S. The Kier molecular flexibility index (Phi) is 6.95. The minimum absolute atomic E-state index is 0.0442. The third-order valence-corrected chi connectivity index (χ3v) is 6.01. The summed E-state index contributed by atoms with van der Waals surface area (Å²) in [7, 11) is -0.703. The molecule has 11 nitrogen and oxygen atoms in total. The molecule has 162 valence electrons. The zero-order valence-electron chi connectivity index (χ0n) is 17.1. The molecule has 1 atom stereocenters. The zero-order valence-corrected chi connectivity index (χ0v) is 17.9. The van der Waals surface area contributed by atoms with Crippen LogP contribution >= 0.6 is 0 Å². The maximum atomic E-state index is 12.2. The Hall–Kier alpha value is -3.25. The third kappa shape index (κ3) is 5.21. The SMILES string of the molecule is CC(C)C(Nc1cnc(C(N)=O)c(Nc2ccc(S(=O)(=O)N(C)C)cc2)n1)C(N)=O. The van der Waals surface area contributed by atoms with E-state index in [4.69, 9.17) is 11.5 Å². The highest BCUT2D eigenvalue weighted by Gasteiger charge is 2.22. The van der Waals surface area contributed by atoms with E-state index in [2.05, 4.69) is 20.6 Å². The fourth-order valence-electron chi connectivity index (χ4n) is 2.51. The summed E-state index contributed by atoms with van der Waals surface area (Å²) in [4.78, 5) is 31.7. The van der Waals surface area contributed by atoms with Gasteiger partial charge in [0.1, 0.15) is 11.9 Å². The fourth-order valence-corrected chi connectivity index (χ4v) is 3.41. The number of hydrogen-bond acceptors (Lipinski definition) is 8. The fraction of sp³-hybridized carbons (Fsp3) is 0.333. The molecule has 0 aliphatic rings. The van der Waals surface area contributed by atoms with Crippen LogP contribution in [-0.2, 0) is 14.8 Å². The number of aromatic nitrogens is 2. The lowest BCUT2D eigenvalue weighted by Crippen LogP contribution is -2.39. The summed E-state index contributed by atoms with van der Waals surface area (Å²) in [6.45, 7) is 3.63. The van der Waals surface area contributed by atoms with Crippen LogP contribution < -0.4 is 22.1 Å². The molecule has 0 spiro atoms. The number of hydrogen-bond donors (Lipinski definition) is 4. The number of nitrogens with two attached hydrogens (primary N) is 2. The summed E-state index contributed by atoms with van der Waals surface area (Å²) in [5.41, 5.74) is 11.1. The first-order valence-electron chi connectivity index (χ1n) is 8.95. The van der Waals surface area contributed by atoms with E-state index in [0.29, 0.717) is 5.69 Å². The number of anilines is 3. The number of sulfonamides is 1. The highest BCUT2D eigenvalue weighted by atomic mass is 32.2. The molecule has 0 saturated carbocycles. The molecule has 1 unspecified atom stereocenters. The molecule has 0 aliphatic carbocycles. The van der Waals surface area contributed by atoms with Crippen LogP contribution in [-0.4, -0.2) is 54.6 Å². The first-order valence-corrected chi connectivity index (χ1v) is 10.4. The lowest BCUT2D eigenvalue weighted by Gasteiger charge is -2.20. The van der Waals surface area contributed by atoms with Crippen LogP contribution in [0.3, 0.4) is 0 Å². The molecule has 0 bridgehead atoms. The summed E-state index contributed by atoms with van der Waals surface area (Å²) < 4.78 is 25.5. The number of primary amides is 2. The van der Waals surface area contributed by atoms with Gasteiger partial charge < -0.3 is 22.1 Å². The van der Waals surface area contributed by atoms with Crippen LogP contribution in [0.4, 0.5) is 17.3 Å². The van der Waals surface area contributed by atoms with Gasteiger partial charge in [-0.3, -0.25) is 9.59 Å². The van der Waals surface area contributed by atoms with Crippen LogP contribution in [0, 0.1) is 5.92 Å². The van der Waals surface area contributed by atoms with E-state index in [9.17, 15) is 18.0 Å². The molecule has 1 heterocycles. The number of nitrogens with zero attached hydrogens (tertiary/aromatic N) is 3. The minimum atomic E-state index is -3.57. The van der Waals surface area contributed by atoms with Crippen LogP contribution in [0.25, 0.3) is 0 Å². The Bertz CT molecular complexity index is 1040. The summed E-state index contributed by atoms with van der Waals surface area (Å²) in [6, 6.07) is 5.17. The second-order valence-electron chi connectivity index (χ2n) is 7.02. The van der Waals surface area contributed by atoms with E-state index in [1.54, 1.807) is 0 Å². The van der Waals surface area contributed by atoms with Gasteiger partial charge in [0.25, 0.3) is 5.91 Å². The number of carbonyl (C=O) groups excluding carboxylic acids is 2. The van der Waals surface area contributed by atoms with Crippen molar-refractivity contribution in [2.45, 2.75) is 24.8 Å². The molecule has 0 radical (unpaired) electrons. The van der Waals surface area contributed by atoms with Gasteiger partial charge >= 0.3 is 0 Å². The molecule has 2 amide bonds. The van der Waals surface area contributed by atoms with Gasteiger partial charge in [-0.05, 0) is 30.2 Å². The summed E-state index contributed by atoms with van der Waals surface area (Å²) in [6.07, 6.45) is 1.27. The molecule has 12 heteroatoms. The van der Waals surface area contributed by atoms with Gasteiger partial charge in [-0.1, -0.05) is 13.8 Å². The van der Waals surface area contributed by atoms with Crippen molar-refractivity contribution in [3.05, 3.63) is 36.2 Å². The zero-order chi connectivity index (χ0) is 22.6. The molecule has 1 aromatic heterocycles. The highest BCUT2D eigenvalue weighted by Crippen LogP contribution is 2.22. The first kappa shape index (κ1) is 23.0. The average molecular weight is 436 g/mol. The maximum absolute atomic E-state index is 12.2. The van der Waals surface area contributed by atoms with Crippen LogP contribution in [0.2, 0.25) is 0 Å². The molecular weight excluding hydrogens is 410 g/mol. The molecule has 30 heavy (non-hydrogen) atoms. The second-order valence-corrected chi connectivity index (χ2v) is 9.17. The number of nitrogens with one attached hydrogen (secondary N) is 2. The Labute approximate surface area is 174 Å². The van der Waals surface area contributed by atoms with Crippen LogP contribution in [0.15, 0.2) is 35.4 Å². The minimum Gasteiger partial charge on any atom is -0.368 e. The molecule has 6 N–H and O–H groups in total. The lowest BCUT2D eigenvalue weighted by atomic mass is 10.0. The second kappa shape index (κ2) is 9.05. The Morgan fingerprint density at radius 3 is 2.17 bits per heavy atom. The van der Waals surface area contributed by atoms with Crippen molar-refractivity contribution in [3.8, 4) is 0 Å². The molecule has 0 saturated heterocycles. The van der Waals surface area contributed by atoms with E-state index in [1.807, 2.05) is 13.8 Å². The molecule has 2 aromatic rings. The number of rotatable bonds is 9. The lowest BCUT2D eigenvalue weighted by molar-refractivity contribution is -0.119. The predicted octanol–water partition coefficient (Wildman–Crippen LogP) is 0.491. The van der Waals surface area contributed by atoms with Gasteiger partial charge in [0, 0.05) is 19.8 Å². The van der Waals surface area contributed by atoms with Crippen molar-refractivity contribution >= 4 is 39.2 Å². The monoisotopic (exact) mass is 435 g/mol. The molecule has 0 aliphatic heterocycles. The number of carbonyl (C=O) groups is 2. The summed E-state index contributed by atoms with van der Waals surface area (Å²) in [5.74, 6) is -1.21. The van der Waals surface area contributed by atoms with Crippen molar-refractivity contribution in [1.82, 2.24) is 14.3 Å². The average Bonchev–Trinajstić information content (AvgIpc) is 2.65. The normalized spacial score (nSPS) is 12.6. The van der Waals surface area contributed by atoms with E-state index in [0.717, 1.165) is 4.31 Å². The topological polar surface area (TPSA) is 173 Å². The van der Waals surface area contributed by atoms with Crippen molar-refractivity contribution in [3.63, 3.8) is 0 Å². The quantitative estimate of drug-likeness (QED) is 0.440. The van der Waals surface area contributed by atoms with Crippen molar-refractivity contribution < 1.29 is 18.0 Å². The van der Waals surface area contributed by atoms with Gasteiger partial charge in [-0.15, -0.1) is 0 Å². The summed E-state index contributed by atoms with van der Waals surface area (Å²) >= 11 is 0. The summed E-state index contributed by atoms with van der Waals surface area (Å²) in [5, 5.41) is 5.78. The smallest absolute Gasteiger partial charge is 0.271 e. The maximum Gasteiger partial charge on any atom is 0.271 e. The molecule has 1 aromatic carbocycles. The van der Waals surface area contributed by atoms with Crippen molar-refractivity contribution in [1.29, 1.82) is 0 Å². The van der Waals surface area contributed by atoms with Crippen LogP contribution in [0.1, 0.15) is 24.3 Å². The Balaban J connectivity index is 2.35. The largest absolute Gasteiger partial charge is 0.368 e. The van der Waals surface area contributed by atoms with Crippen LogP contribution in [0.5, 0.6) is 0 Å². The van der Waals surface area contributed by atoms with E-state index < -0.39 is 27.9 Å². The van der Waals surface area contributed by atoms with Gasteiger partial charge in [0.05, 0.1) is 11.1 Å². The molecule has 0 fully saturated rings. The van der Waals surface area contributed by atoms with Gasteiger partial charge in [0.2, 0.25) is 15.9 Å². The van der Waals surface area contributed by atoms with Gasteiger partial charge in [-0.25, -0.2) is 22.7 Å². The van der Waals surface area contributed by atoms with Crippen molar-refractivity contribution in [2.24, 2.45) is 17.4 Å². The van der Waals surface area contributed by atoms with E-state index in [1.165, 1.54) is 44.6 Å². The highest BCUT2D eigenvalue weighted by molar-refractivity contribution is 7.89. The third-order valence-electron chi connectivity index (χ3n) is 4.18. The Morgan fingerprint density at radius 2 is 1.70 bits per heavy atom.